The van der Waals surface area contributed by atoms with Gasteiger partial charge in [0.05, 0.1) is 11.8 Å². The summed E-state index contributed by atoms with van der Waals surface area (Å²) >= 11 is 0. The van der Waals surface area contributed by atoms with Crippen molar-refractivity contribution in [3.8, 4) is 11.1 Å². The van der Waals surface area contributed by atoms with Crippen molar-refractivity contribution in [2.24, 2.45) is 5.41 Å². The maximum atomic E-state index is 12.8. The second kappa shape index (κ2) is 11.2. The molecule has 1 aliphatic rings. The van der Waals surface area contributed by atoms with E-state index in [0.717, 1.165) is 35.1 Å². The Morgan fingerprint density at radius 1 is 1.03 bits per heavy atom. The number of aliphatic carboxylic acids is 1. The van der Waals surface area contributed by atoms with Crippen LogP contribution >= 0.6 is 0 Å². The van der Waals surface area contributed by atoms with Crippen LogP contribution in [0.1, 0.15) is 63.5 Å². The summed E-state index contributed by atoms with van der Waals surface area (Å²) in [7, 11) is 0. The van der Waals surface area contributed by atoms with Crippen molar-refractivity contribution in [2.45, 2.75) is 58.4 Å². The van der Waals surface area contributed by atoms with E-state index in [2.05, 4.69) is 34.9 Å². The summed E-state index contributed by atoms with van der Waals surface area (Å²) in [6.07, 6.45) is 1.64. The summed E-state index contributed by atoms with van der Waals surface area (Å²) in [5, 5.41) is 14.7. The van der Waals surface area contributed by atoms with E-state index in [9.17, 15) is 14.4 Å². The highest BCUT2D eigenvalue weighted by Gasteiger charge is 2.32. The number of hydrogen-bond donors (Lipinski definition) is 3. The van der Waals surface area contributed by atoms with Crippen LogP contribution in [0.25, 0.3) is 11.1 Å². The summed E-state index contributed by atoms with van der Waals surface area (Å²) in [5.41, 5.74) is 3.66. The molecule has 0 bridgehead atoms. The molecule has 0 fully saturated rings. The number of amides is 2. The lowest BCUT2D eigenvalue weighted by molar-refractivity contribution is -0.138. The highest BCUT2D eigenvalue weighted by molar-refractivity contribution is 5.83. The van der Waals surface area contributed by atoms with Crippen LogP contribution in [0.5, 0.6) is 0 Å². The summed E-state index contributed by atoms with van der Waals surface area (Å²) < 4.78 is 5.54. The SMILES string of the molecule is CCCC[C@@H](CC(=O)O)NC(=O)C(C)(C)CNC(=O)OCC1c2ccccc2-c2ccccc21. The second-order valence-corrected chi connectivity index (χ2v) is 9.47. The summed E-state index contributed by atoms with van der Waals surface area (Å²) in [6.45, 7) is 5.71. The zero-order valence-corrected chi connectivity index (χ0v) is 20.1. The Kier molecular flexibility index (Phi) is 8.31. The first-order valence-electron chi connectivity index (χ1n) is 11.8. The third-order valence-corrected chi connectivity index (χ3v) is 6.30. The van der Waals surface area contributed by atoms with Gasteiger partial charge in [0, 0.05) is 18.5 Å². The third kappa shape index (κ3) is 6.16. The van der Waals surface area contributed by atoms with Crippen LogP contribution in [0, 0.1) is 5.41 Å². The molecule has 0 saturated heterocycles. The molecular weight excluding hydrogens is 432 g/mol. The first kappa shape index (κ1) is 25.3. The molecule has 1 aliphatic carbocycles. The smallest absolute Gasteiger partial charge is 0.407 e. The first-order chi connectivity index (χ1) is 16.2. The number of nitrogens with one attached hydrogen (secondary N) is 2. The standard InChI is InChI=1S/C27H34N2O5/c1-4-5-10-18(15-24(30)31)29-25(32)27(2,3)17-28-26(33)34-16-23-21-13-8-6-11-19(21)20-12-7-9-14-22(20)23/h6-9,11-14,18,23H,4-5,10,15-17H2,1-3H3,(H,28,33)(H,29,32)(H,30,31)/t18-/m0/s1. The lowest BCUT2D eigenvalue weighted by Crippen LogP contribution is -2.48. The number of carbonyl (C=O) groups excluding carboxylic acids is 2. The molecule has 3 N–H and O–H groups in total. The topological polar surface area (TPSA) is 105 Å². The maximum absolute atomic E-state index is 12.8. The van der Waals surface area contributed by atoms with E-state index in [-0.39, 0.29) is 31.4 Å². The Hall–Kier alpha value is -3.35. The first-order valence-corrected chi connectivity index (χ1v) is 11.8. The normalized spacial score (nSPS) is 13.5. The molecular formula is C27H34N2O5. The van der Waals surface area contributed by atoms with Gasteiger partial charge in [0.1, 0.15) is 6.61 Å². The van der Waals surface area contributed by atoms with Crippen molar-refractivity contribution in [3.05, 3.63) is 59.7 Å². The number of unbranched alkanes of at least 4 members (excludes halogenated alkanes) is 1. The summed E-state index contributed by atoms with van der Waals surface area (Å²) in [5.74, 6) is -1.28. The fraction of sp³-hybridized carbons (Fsp3) is 0.444. The minimum absolute atomic E-state index is 0.0372. The Morgan fingerprint density at radius 2 is 1.62 bits per heavy atom. The van der Waals surface area contributed by atoms with Gasteiger partial charge in [-0.1, -0.05) is 68.3 Å². The number of rotatable bonds is 11. The quantitative estimate of drug-likeness (QED) is 0.445. The highest BCUT2D eigenvalue weighted by atomic mass is 16.5. The van der Waals surface area contributed by atoms with Gasteiger partial charge in [-0.05, 0) is 42.5 Å². The average molecular weight is 467 g/mol. The second-order valence-electron chi connectivity index (χ2n) is 9.47. The van der Waals surface area contributed by atoms with Crippen molar-refractivity contribution in [3.63, 3.8) is 0 Å². The van der Waals surface area contributed by atoms with Gasteiger partial charge in [-0.2, -0.15) is 0 Å². The zero-order valence-electron chi connectivity index (χ0n) is 20.1. The molecule has 0 spiro atoms. The van der Waals surface area contributed by atoms with E-state index >= 15 is 0 Å². The third-order valence-electron chi connectivity index (χ3n) is 6.30. The van der Waals surface area contributed by atoms with Crippen molar-refractivity contribution < 1.29 is 24.2 Å². The molecule has 7 nitrogen and oxygen atoms in total. The van der Waals surface area contributed by atoms with Crippen LogP contribution in [0.2, 0.25) is 0 Å². The lowest BCUT2D eigenvalue weighted by atomic mass is 9.91. The van der Waals surface area contributed by atoms with E-state index < -0.39 is 23.5 Å². The minimum atomic E-state index is -0.948. The number of alkyl carbamates (subject to hydrolysis) is 1. The van der Waals surface area contributed by atoms with Crippen molar-refractivity contribution in [1.82, 2.24) is 10.6 Å². The monoisotopic (exact) mass is 466 g/mol. The van der Waals surface area contributed by atoms with Gasteiger partial charge >= 0.3 is 12.1 Å². The highest BCUT2D eigenvalue weighted by Crippen LogP contribution is 2.44. The van der Waals surface area contributed by atoms with E-state index in [1.165, 1.54) is 0 Å². The molecule has 0 heterocycles. The molecule has 0 radical (unpaired) electrons. The van der Waals surface area contributed by atoms with Crippen molar-refractivity contribution in [2.75, 3.05) is 13.2 Å². The predicted molar refractivity (Wildman–Crippen MR) is 131 cm³/mol. The van der Waals surface area contributed by atoms with Crippen LogP contribution in [0.15, 0.2) is 48.5 Å². The minimum Gasteiger partial charge on any atom is -0.481 e. The van der Waals surface area contributed by atoms with Crippen LogP contribution in [0.4, 0.5) is 4.79 Å². The average Bonchev–Trinajstić information content (AvgIpc) is 3.13. The van der Waals surface area contributed by atoms with Gasteiger partial charge in [0.15, 0.2) is 0 Å². The molecule has 0 aliphatic heterocycles. The van der Waals surface area contributed by atoms with Crippen molar-refractivity contribution in [1.29, 1.82) is 0 Å². The molecule has 1 atom stereocenters. The number of hydrogen-bond acceptors (Lipinski definition) is 4. The van der Waals surface area contributed by atoms with Crippen LogP contribution in [0.3, 0.4) is 0 Å². The largest absolute Gasteiger partial charge is 0.481 e. The van der Waals surface area contributed by atoms with E-state index in [4.69, 9.17) is 9.84 Å². The van der Waals surface area contributed by atoms with Crippen molar-refractivity contribution >= 4 is 18.0 Å². The predicted octanol–water partition coefficient (Wildman–Crippen LogP) is 4.70. The van der Waals surface area contributed by atoms with Gasteiger partial charge in [0.25, 0.3) is 0 Å². The van der Waals surface area contributed by atoms with Gasteiger partial charge < -0.3 is 20.5 Å². The van der Waals surface area contributed by atoms with E-state index in [0.29, 0.717) is 6.42 Å². The fourth-order valence-corrected chi connectivity index (χ4v) is 4.29. The molecule has 2 aromatic rings. The fourth-order valence-electron chi connectivity index (χ4n) is 4.29. The zero-order chi connectivity index (χ0) is 24.7. The summed E-state index contributed by atoms with van der Waals surface area (Å²) in [4.78, 5) is 36.4. The molecule has 0 unspecified atom stereocenters. The molecule has 34 heavy (non-hydrogen) atoms. The van der Waals surface area contributed by atoms with Gasteiger partial charge in [0.2, 0.25) is 5.91 Å². The number of benzene rings is 2. The molecule has 7 heteroatoms. The summed E-state index contributed by atoms with van der Waals surface area (Å²) in [6, 6.07) is 15.8. The number of carbonyl (C=O) groups is 3. The van der Waals surface area contributed by atoms with Gasteiger partial charge in [-0.25, -0.2) is 4.79 Å². The van der Waals surface area contributed by atoms with Gasteiger partial charge in [-0.3, -0.25) is 9.59 Å². The number of carboxylic acid groups (broad SMARTS) is 1. The Morgan fingerprint density at radius 3 is 2.18 bits per heavy atom. The maximum Gasteiger partial charge on any atom is 0.407 e. The number of carboxylic acids is 1. The number of fused-ring (bicyclic) bond motifs is 3. The van der Waals surface area contributed by atoms with E-state index in [1.807, 2.05) is 31.2 Å². The molecule has 2 amide bonds. The molecule has 2 aromatic carbocycles. The van der Waals surface area contributed by atoms with E-state index in [1.54, 1.807) is 13.8 Å². The lowest BCUT2D eigenvalue weighted by Gasteiger charge is -2.27. The van der Waals surface area contributed by atoms with Crippen LogP contribution < -0.4 is 10.6 Å². The Balaban J connectivity index is 1.54. The Labute approximate surface area is 200 Å². The Bertz CT molecular complexity index is 988. The van der Waals surface area contributed by atoms with Crippen LogP contribution in [-0.4, -0.2) is 42.3 Å². The molecule has 182 valence electrons. The molecule has 0 saturated carbocycles. The molecule has 3 rings (SSSR count). The van der Waals surface area contributed by atoms with Crippen LogP contribution in [-0.2, 0) is 14.3 Å². The number of ether oxygens (including phenoxy) is 1. The molecule has 0 aromatic heterocycles. The van der Waals surface area contributed by atoms with Gasteiger partial charge in [-0.15, -0.1) is 0 Å².